The molecule has 132 valence electrons. The van der Waals surface area contributed by atoms with Crippen molar-refractivity contribution < 1.29 is 4.74 Å². The summed E-state index contributed by atoms with van der Waals surface area (Å²) < 4.78 is 4.80. The first-order valence-corrected chi connectivity index (χ1v) is 9.84. The third-order valence-electron chi connectivity index (χ3n) is 5.27. The van der Waals surface area contributed by atoms with Gasteiger partial charge in [0.2, 0.25) is 0 Å². The molecule has 0 N–H and O–H groups in total. The number of rotatable bonds is 1. The molecule has 0 aromatic heterocycles. The van der Waals surface area contributed by atoms with Gasteiger partial charge in [0.05, 0.1) is 6.26 Å². The van der Waals surface area contributed by atoms with Crippen LogP contribution in [-0.2, 0) is 11.2 Å². The number of aryl methyl sites for hydroxylation is 1. The molecule has 0 radical (unpaired) electrons. The van der Waals surface area contributed by atoms with E-state index in [2.05, 4.69) is 48.5 Å². The van der Waals surface area contributed by atoms with Crippen LogP contribution in [0.1, 0.15) is 29.9 Å². The van der Waals surface area contributed by atoms with Crippen LogP contribution >= 0.6 is 11.6 Å². The predicted molar refractivity (Wildman–Crippen MR) is 112 cm³/mol. The molecular formula is C24H23ClO. The van der Waals surface area contributed by atoms with E-state index in [1.54, 1.807) is 6.26 Å². The minimum Gasteiger partial charge on any atom is -0.497 e. The Bertz CT molecular complexity index is 959. The Morgan fingerprint density at radius 1 is 0.923 bits per heavy atom. The van der Waals surface area contributed by atoms with Crippen molar-refractivity contribution in [1.29, 1.82) is 0 Å². The molecule has 26 heavy (non-hydrogen) atoms. The van der Waals surface area contributed by atoms with Gasteiger partial charge in [-0.25, -0.2) is 0 Å². The van der Waals surface area contributed by atoms with E-state index in [9.17, 15) is 0 Å². The Morgan fingerprint density at radius 3 is 2.54 bits per heavy atom. The number of hydrogen-bond acceptors (Lipinski definition) is 1. The molecule has 3 aromatic carbocycles. The van der Waals surface area contributed by atoms with Crippen LogP contribution in [0.25, 0.3) is 21.5 Å². The zero-order chi connectivity index (χ0) is 17.8. The van der Waals surface area contributed by atoms with E-state index in [0.29, 0.717) is 5.92 Å². The smallest absolute Gasteiger partial charge is 0.106 e. The van der Waals surface area contributed by atoms with Crippen molar-refractivity contribution >= 4 is 33.1 Å². The topological polar surface area (TPSA) is 9.23 Å². The molecular weight excluding hydrogens is 340 g/mol. The highest BCUT2D eigenvalue weighted by Crippen LogP contribution is 2.39. The summed E-state index contributed by atoms with van der Waals surface area (Å²) in [4.78, 5) is 0. The maximum Gasteiger partial charge on any atom is 0.106 e. The Morgan fingerprint density at radius 2 is 1.81 bits per heavy atom. The summed E-state index contributed by atoms with van der Waals surface area (Å²) in [5, 5.41) is 5.45. The molecule has 1 atom stereocenters. The SMILES string of the molecule is C1=CCOC=C1.ClCC1CCCc2ccc3c(ccc4ccccc43)c21. The van der Waals surface area contributed by atoms with Gasteiger partial charge >= 0.3 is 0 Å². The van der Waals surface area contributed by atoms with E-state index in [-0.39, 0.29) is 0 Å². The maximum atomic E-state index is 6.23. The zero-order valence-corrected chi connectivity index (χ0v) is 15.6. The molecule has 0 spiro atoms. The fourth-order valence-electron chi connectivity index (χ4n) is 4.04. The number of fused-ring (bicyclic) bond motifs is 5. The standard InChI is InChI=1S/C19H17Cl.C5H6O/c20-12-15-6-3-5-14-9-10-17-16-7-2-1-4-13(16)8-11-18(17)19(14)15;1-2-4-6-5-3-1/h1-2,4,7-11,15H,3,5-6,12H2;1-4H,5H2. The van der Waals surface area contributed by atoms with Gasteiger partial charge < -0.3 is 4.74 Å². The van der Waals surface area contributed by atoms with E-state index < -0.39 is 0 Å². The van der Waals surface area contributed by atoms with Gasteiger partial charge in [-0.2, -0.15) is 0 Å². The number of halogens is 1. The molecule has 1 unspecified atom stereocenters. The van der Waals surface area contributed by atoms with Gasteiger partial charge in [0, 0.05) is 5.88 Å². The van der Waals surface area contributed by atoms with Crippen LogP contribution in [0.3, 0.4) is 0 Å². The third-order valence-corrected chi connectivity index (χ3v) is 5.64. The monoisotopic (exact) mass is 362 g/mol. The highest BCUT2D eigenvalue weighted by atomic mass is 35.5. The lowest BCUT2D eigenvalue weighted by molar-refractivity contribution is 0.286. The van der Waals surface area contributed by atoms with Crippen LogP contribution in [0.15, 0.2) is 73.0 Å². The van der Waals surface area contributed by atoms with E-state index >= 15 is 0 Å². The van der Waals surface area contributed by atoms with Crippen molar-refractivity contribution in [3.05, 3.63) is 84.1 Å². The second-order valence-corrected chi connectivity index (χ2v) is 7.16. The Balaban J connectivity index is 0.000000240. The van der Waals surface area contributed by atoms with Gasteiger partial charge in [-0.15, -0.1) is 11.6 Å². The molecule has 0 amide bonds. The predicted octanol–water partition coefficient (Wildman–Crippen LogP) is 6.74. The second-order valence-electron chi connectivity index (χ2n) is 6.85. The summed E-state index contributed by atoms with van der Waals surface area (Å²) in [6.07, 6.45) is 11.2. The second kappa shape index (κ2) is 7.97. The summed E-state index contributed by atoms with van der Waals surface area (Å²) in [6.45, 7) is 0.733. The summed E-state index contributed by atoms with van der Waals surface area (Å²) >= 11 is 6.23. The fourth-order valence-corrected chi connectivity index (χ4v) is 4.35. The fraction of sp³-hybridized carbons (Fsp3) is 0.250. The number of benzene rings is 3. The average molecular weight is 363 g/mol. The van der Waals surface area contributed by atoms with Crippen LogP contribution < -0.4 is 0 Å². The molecule has 0 saturated heterocycles. The highest BCUT2D eigenvalue weighted by molar-refractivity contribution is 6.18. The molecule has 0 fully saturated rings. The van der Waals surface area contributed by atoms with E-state index in [1.807, 2.05) is 18.2 Å². The van der Waals surface area contributed by atoms with Gasteiger partial charge in [0.25, 0.3) is 0 Å². The van der Waals surface area contributed by atoms with E-state index in [0.717, 1.165) is 12.5 Å². The number of hydrogen-bond donors (Lipinski definition) is 0. The molecule has 2 aliphatic rings. The van der Waals surface area contributed by atoms with Crippen molar-refractivity contribution in [1.82, 2.24) is 0 Å². The van der Waals surface area contributed by atoms with Crippen LogP contribution in [0.2, 0.25) is 0 Å². The number of alkyl halides is 1. The normalized spacial score (nSPS) is 18.1. The summed E-state index contributed by atoms with van der Waals surface area (Å²) in [7, 11) is 0. The van der Waals surface area contributed by atoms with Crippen LogP contribution in [-0.4, -0.2) is 12.5 Å². The van der Waals surface area contributed by atoms with Crippen molar-refractivity contribution in [3.63, 3.8) is 0 Å². The maximum absolute atomic E-state index is 6.23. The minimum absolute atomic E-state index is 0.519. The van der Waals surface area contributed by atoms with E-state index in [1.165, 1.54) is 51.9 Å². The quantitative estimate of drug-likeness (QED) is 0.344. The Hall–Kier alpha value is -2.25. The van der Waals surface area contributed by atoms with Crippen LogP contribution in [0.4, 0.5) is 0 Å². The Kier molecular flexibility index (Phi) is 5.26. The first kappa shape index (κ1) is 17.2. The molecule has 1 aliphatic carbocycles. The molecule has 0 bridgehead atoms. The van der Waals surface area contributed by atoms with Gasteiger partial charge in [0.15, 0.2) is 0 Å². The first-order chi connectivity index (χ1) is 12.9. The van der Waals surface area contributed by atoms with Crippen molar-refractivity contribution in [2.24, 2.45) is 0 Å². The largest absolute Gasteiger partial charge is 0.497 e. The minimum atomic E-state index is 0.519. The van der Waals surface area contributed by atoms with E-state index in [4.69, 9.17) is 16.3 Å². The molecule has 1 heterocycles. The van der Waals surface area contributed by atoms with Crippen molar-refractivity contribution in [3.8, 4) is 0 Å². The molecule has 2 heteroatoms. The molecule has 0 saturated carbocycles. The van der Waals surface area contributed by atoms with Gasteiger partial charge in [-0.1, -0.05) is 54.6 Å². The average Bonchev–Trinajstić information content (AvgIpc) is 2.74. The molecule has 5 rings (SSSR count). The molecule has 1 aliphatic heterocycles. The number of allylic oxidation sites excluding steroid dienone is 2. The van der Waals surface area contributed by atoms with Crippen LogP contribution in [0.5, 0.6) is 0 Å². The van der Waals surface area contributed by atoms with Gasteiger partial charge in [0.1, 0.15) is 6.61 Å². The lowest BCUT2D eigenvalue weighted by Crippen LogP contribution is -2.11. The van der Waals surface area contributed by atoms with Crippen molar-refractivity contribution in [2.45, 2.75) is 25.2 Å². The highest BCUT2D eigenvalue weighted by Gasteiger charge is 2.22. The molecule has 3 aromatic rings. The number of ether oxygens (including phenoxy) is 1. The Labute approximate surface area is 159 Å². The molecule has 1 nitrogen and oxygen atoms in total. The third kappa shape index (κ3) is 3.37. The summed E-state index contributed by atoms with van der Waals surface area (Å²) in [6, 6.07) is 17.8. The lowest BCUT2D eigenvalue weighted by Gasteiger charge is -2.26. The zero-order valence-electron chi connectivity index (χ0n) is 14.8. The van der Waals surface area contributed by atoms with Gasteiger partial charge in [-0.3, -0.25) is 0 Å². The summed E-state index contributed by atoms with van der Waals surface area (Å²) in [5.74, 6) is 1.25. The summed E-state index contributed by atoms with van der Waals surface area (Å²) in [5.41, 5.74) is 3.01. The van der Waals surface area contributed by atoms with Crippen molar-refractivity contribution in [2.75, 3.05) is 12.5 Å². The van der Waals surface area contributed by atoms with Gasteiger partial charge in [-0.05, 0) is 70.0 Å². The first-order valence-electron chi connectivity index (χ1n) is 9.31. The van der Waals surface area contributed by atoms with Crippen LogP contribution in [0, 0.1) is 0 Å². The lowest BCUT2D eigenvalue weighted by atomic mass is 9.80.